The Morgan fingerprint density at radius 3 is 2.62 bits per heavy atom. The molecule has 0 unspecified atom stereocenters. The summed E-state index contributed by atoms with van der Waals surface area (Å²) in [5.74, 6) is 0. The average molecular weight is 297 g/mol. The van der Waals surface area contributed by atoms with Gasteiger partial charge in [0.1, 0.15) is 0 Å². The molecule has 1 aromatic heterocycles. The number of hydrogen-bond acceptors (Lipinski definition) is 4. The van der Waals surface area contributed by atoms with E-state index in [-0.39, 0.29) is 6.10 Å². The van der Waals surface area contributed by atoms with E-state index in [9.17, 15) is 5.11 Å². The standard InChI is InChI=1S/C16H31N3O2/c1-15(2)21-13-12-18(10-6-16(3,4)20)8-5-9-19-11-7-17-14-19/h7,11,14-15,20H,5-6,8-10,12-13H2,1-4H3. The predicted molar refractivity (Wildman–Crippen MR) is 85.3 cm³/mol. The summed E-state index contributed by atoms with van der Waals surface area (Å²) in [4.78, 5) is 6.43. The minimum Gasteiger partial charge on any atom is -0.390 e. The lowest BCUT2D eigenvalue weighted by molar-refractivity contribution is 0.0371. The number of aromatic nitrogens is 2. The second-order valence-electron chi connectivity index (χ2n) is 6.48. The number of aryl methyl sites for hydroxylation is 1. The fourth-order valence-corrected chi connectivity index (χ4v) is 2.08. The van der Waals surface area contributed by atoms with Crippen LogP contribution in [0.5, 0.6) is 0 Å². The van der Waals surface area contributed by atoms with Gasteiger partial charge in [-0.1, -0.05) is 0 Å². The van der Waals surface area contributed by atoms with Crippen molar-refractivity contribution in [2.45, 2.75) is 58.8 Å². The van der Waals surface area contributed by atoms with Crippen molar-refractivity contribution in [3.8, 4) is 0 Å². The highest BCUT2D eigenvalue weighted by molar-refractivity contribution is 4.74. The van der Waals surface area contributed by atoms with Crippen LogP contribution in [0.25, 0.3) is 0 Å². The molecule has 0 aliphatic carbocycles. The molecular weight excluding hydrogens is 266 g/mol. The molecule has 0 bridgehead atoms. The molecule has 1 N–H and O–H groups in total. The van der Waals surface area contributed by atoms with E-state index in [4.69, 9.17) is 4.74 Å². The summed E-state index contributed by atoms with van der Waals surface area (Å²) < 4.78 is 7.73. The van der Waals surface area contributed by atoms with E-state index in [1.165, 1.54) is 0 Å². The lowest BCUT2D eigenvalue weighted by Crippen LogP contribution is -2.34. The van der Waals surface area contributed by atoms with E-state index in [2.05, 4.69) is 28.3 Å². The number of aliphatic hydroxyl groups is 1. The zero-order valence-electron chi connectivity index (χ0n) is 14.0. The summed E-state index contributed by atoms with van der Waals surface area (Å²) in [6, 6.07) is 0. The number of imidazole rings is 1. The maximum Gasteiger partial charge on any atom is 0.0945 e. The van der Waals surface area contributed by atoms with E-state index in [0.29, 0.717) is 0 Å². The molecule has 1 aromatic rings. The molecule has 0 saturated carbocycles. The molecule has 1 rings (SSSR count). The molecule has 0 saturated heterocycles. The van der Waals surface area contributed by atoms with Crippen LogP contribution in [0.1, 0.15) is 40.5 Å². The first-order valence-electron chi connectivity index (χ1n) is 7.89. The fourth-order valence-electron chi connectivity index (χ4n) is 2.08. The van der Waals surface area contributed by atoms with Gasteiger partial charge in [-0.2, -0.15) is 0 Å². The second kappa shape index (κ2) is 9.18. The van der Waals surface area contributed by atoms with E-state index >= 15 is 0 Å². The van der Waals surface area contributed by atoms with Gasteiger partial charge in [0.2, 0.25) is 0 Å². The maximum absolute atomic E-state index is 9.89. The zero-order chi connectivity index (χ0) is 15.7. The van der Waals surface area contributed by atoms with Crippen molar-refractivity contribution in [1.82, 2.24) is 14.5 Å². The molecule has 21 heavy (non-hydrogen) atoms. The number of rotatable bonds is 11. The molecule has 0 aliphatic rings. The monoisotopic (exact) mass is 297 g/mol. The summed E-state index contributed by atoms with van der Waals surface area (Å²) in [5, 5.41) is 9.89. The molecule has 0 atom stereocenters. The molecule has 5 nitrogen and oxygen atoms in total. The first kappa shape index (κ1) is 18.1. The topological polar surface area (TPSA) is 50.5 Å². The van der Waals surface area contributed by atoms with Crippen LogP contribution in [0.4, 0.5) is 0 Å². The summed E-state index contributed by atoms with van der Waals surface area (Å²) in [6.07, 6.45) is 7.77. The van der Waals surface area contributed by atoms with Crippen molar-refractivity contribution in [1.29, 1.82) is 0 Å². The Bertz CT molecular complexity index is 358. The van der Waals surface area contributed by atoms with Crippen LogP contribution < -0.4 is 0 Å². The van der Waals surface area contributed by atoms with E-state index < -0.39 is 5.60 Å². The third-order valence-electron chi connectivity index (χ3n) is 3.35. The number of ether oxygens (including phenoxy) is 1. The van der Waals surface area contributed by atoms with Crippen LogP contribution in [-0.4, -0.2) is 57.5 Å². The van der Waals surface area contributed by atoms with Gasteiger partial charge < -0.3 is 19.3 Å². The largest absolute Gasteiger partial charge is 0.390 e. The van der Waals surface area contributed by atoms with Crippen LogP contribution in [0.2, 0.25) is 0 Å². The van der Waals surface area contributed by atoms with Crippen molar-refractivity contribution in [3.05, 3.63) is 18.7 Å². The van der Waals surface area contributed by atoms with Gasteiger partial charge in [-0.15, -0.1) is 0 Å². The van der Waals surface area contributed by atoms with Crippen LogP contribution >= 0.6 is 0 Å². The molecule has 0 amide bonds. The van der Waals surface area contributed by atoms with Gasteiger partial charge in [0.25, 0.3) is 0 Å². The summed E-state index contributed by atoms with van der Waals surface area (Å²) in [5.41, 5.74) is -0.610. The minimum absolute atomic E-state index is 0.270. The third-order valence-corrected chi connectivity index (χ3v) is 3.35. The molecule has 0 fully saturated rings. The van der Waals surface area contributed by atoms with Crippen LogP contribution in [0.3, 0.4) is 0 Å². The minimum atomic E-state index is -0.610. The van der Waals surface area contributed by atoms with Gasteiger partial charge in [-0.3, -0.25) is 0 Å². The Morgan fingerprint density at radius 1 is 1.29 bits per heavy atom. The first-order chi connectivity index (χ1) is 9.87. The summed E-state index contributed by atoms with van der Waals surface area (Å²) >= 11 is 0. The van der Waals surface area contributed by atoms with Gasteiger partial charge in [-0.05, 0) is 47.1 Å². The van der Waals surface area contributed by atoms with Crippen LogP contribution in [-0.2, 0) is 11.3 Å². The predicted octanol–water partition coefficient (Wildman–Crippen LogP) is 2.16. The van der Waals surface area contributed by atoms with Gasteiger partial charge >= 0.3 is 0 Å². The molecule has 122 valence electrons. The maximum atomic E-state index is 9.89. The molecule has 0 aliphatic heterocycles. The number of nitrogens with zero attached hydrogens (tertiary/aromatic N) is 3. The van der Waals surface area contributed by atoms with Crippen molar-refractivity contribution >= 4 is 0 Å². The highest BCUT2D eigenvalue weighted by atomic mass is 16.5. The van der Waals surface area contributed by atoms with Gasteiger partial charge in [0, 0.05) is 32.0 Å². The van der Waals surface area contributed by atoms with Gasteiger partial charge in [0.15, 0.2) is 0 Å². The lowest BCUT2D eigenvalue weighted by atomic mass is 10.1. The van der Waals surface area contributed by atoms with Crippen LogP contribution in [0.15, 0.2) is 18.7 Å². The summed E-state index contributed by atoms with van der Waals surface area (Å²) in [6.45, 7) is 12.4. The third kappa shape index (κ3) is 9.61. The normalized spacial score (nSPS) is 12.5. The Balaban J connectivity index is 2.31. The van der Waals surface area contributed by atoms with Crippen molar-refractivity contribution in [3.63, 3.8) is 0 Å². The van der Waals surface area contributed by atoms with E-state index in [1.807, 2.05) is 32.6 Å². The highest BCUT2D eigenvalue weighted by Gasteiger charge is 2.15. The Kier molecular flexibility index (Phi) is 7.93. The molecule has 0 spiro atoms. The van der Waals surface area contributed by atoms with Gasteiger partial charge in [0.05, 0.1) is 24.6 Å². The fraction of sp³-hybridized carbons (Fsp3) is 0.812. The Morgan fingerprint density at radius 2 is 2.05 bits per heavy atom. The second-order valence-corrected chi connectivity index (χ2v) is 6.48. The average Bonchev–Trinajstić information content (AvgIpc) is 2.87. The van der Waals surface area contributed by atoms with E-state index in [0.717, 1.165) is 45.6 Å². The molecule has 1 heterocycles. The molecule has 0 aromatic carbocycles. The van der Waals surface area contributed by atoms with Crippen molar-refractivity contribution in [2.75, 3.05) is 26.2 Å². The van der Waals surface area contributed by atoms with Crippen LogP contribution in [0, 0.1) is 0 Å². The zero-order valence-corrected chi connectivity index (χ0v) is 14.0. The Hall–Kier alpha value is -0.910. The highest BCUT2D eigenvalue weighted by Crippen LogP contribution is 2.09. The SMILES string of the molecule is CC(C)OCCN(CCCn1ccnc1)CCC(C)(C)O. The lowest BCUT2D eigenvalue weighted by Gasteiger charge is -2.26. The Labute approximate surface area is 128 Å². The van der Waals surface area contributed by atoms with Gasteiger partial charge in [-0.25, -0.2) is 4.98 Å². The quantitative estimate of drug-likeness (QED) is 0.680. The van der Waals surface area contributed by atoms with Crippen molar-refractivity contribution < 1.29 is 9.84 Å². The van der Waals surface area contributed by atoms with Crippen molar-refractivity contribution in [2.24, 2.45) is 0 Å². The smallest absolute Gasteiger partial charge is 0.0945 e. The van der Waals surface area contributed by atoms with E-state index in [1.54, 1.807) is 0 Å². The first-order valence-corrected chi connectivity index (χ1v) is 7.89. The molecule has 5 heteroatoms. The molecular formula is C16H31N3O2. The number of hydrogen-bond donors (Lipinski definition) is 1. The summed E-state index contributed by atoms with van der Waals surface area (Å²) in [7, 11) is 0. The molecule has 0 radical (unpaired) electrons.